The molecule has 1 aliphatic heterocycles. The number of nitrogens with one attached hydrogen (secondary N) is 1. The minimum absolute atomic E-state index is 0.0184. The second kappa shape index (κ2) is 12.8. The van der Waals surface area contributed by atoms with Gasteiger partial charge in [-0.15, -0.1) is 11.3 Å². The zero-order valence-electron chi connectivity index (χ0n) is 26.8. The molecule has 9 nitrogen and oxygen atoms in total. The molecule has 1 saturated heterocycles. The number of thiophene rings is 1. The lowest BCUT2D eigenvalue weighted by molar-refractivity contribution is 0.0240. The maximum absolute atomic E-state index is 15.5. The minimum Gasteiger partial charge on any atom is -0.462 e. The van der Waals surface area contributed by atoms with Gasteiger partial charge in [0.25, 0.3) is 0 Å². The number of hydrogen-bond acceptors (Lipinski definition) is 8. The van der Waals surface area contributed by atoms with Gasteiger partial charge in [0.2, 0.25) is 0 Å². The van der Waals surface area contributed by atoms with Crippen molar-refractivity contribution in [1.82, 2.24) is 20.1 Å². The normalized spacial score (nSPS) is 13.7. The Balaban J connectivity index is 1.48. The third-order valence-corrected chi connectivity index (χ3v) is 8.86. The SMILES string of the molecule is Bc1c(F)ccc(F)c1-c1nc2[nH]nc(-c3cccs3)c2c(-c2ccc(N3CCN(C(=O)OC(C)(C)C)CC3)cc2)c1C(=O)OCC. The number of fused-ring (bicyclic) bond motifs is 1. The molecule has 242 valence electrons. The van der Waals surface area contributed by atoms with Crippen LogP contribution in [0.1, 0.15) is 38.1 Å². The van der Waals surface area contributed by atoms with Crippen LogP contribution in [0.15, 0.2) is 53.9 Å². The van der Waals surface area contributed by atoms with Crippen molar-refractivity contribution in [2.24, 2.45) is 0 Å². The van der Waals surface area contributed by atoms with Crippen LogP contribution in [0, 0.1) is 11.6 Å². The quantitative estimate of drug-likeness (QED) is 0.182. The number of halogens is 2. The molecule has 0 spiro atoms. The first-order valence-corrected chi connectivity index (χ1v) is 16.3. The largest absolute Gasteiger partial charge is 0.462 e. The van der Waals surface area contributed by atoms with E-state index >= 15 is 4.39 Å². The zero-order valence-corrected chi connectivity index (χ0v) is 27.6. The molecule has 1 aliphatic rings. The number of aromatic amines is 1. The van der Waals surface area contributed by atoms with E-state index in [2.05, 4.69) is 15.1 Å². The number of ether oxygens (including phenoxy) is 2. The number of anilines is 1. The lowest BCUT2D eigenvalue weighted by Crippen LogP contribution is -2.50. The Morgan fingerprint density at radius 2 is 1.68 bits per heavy atom. The first kappa shape index (κ1) is 32.2. The topological polar surface area (TPSA) is 101 Å². The fourth-order valence-corrected chi connectivity index (χ4v) is 6.50. The molecule has 1 N–H and O–H groups in total. The molecule has 0 radical (unpaired) electrons. The van der Waals surface area contributed by atoms with E-state index in [1.54, 1.807) is 11.8 Å². The lowest BCUT2D eigenvalue weighted by atomic mass is 9.84. The summed E-state index contributed by atoms with van der Waals surface area (Å²) >= 11 is 1.48. The number of H-pyrrole nitrogens is 1. The Morgan fingerprint density at radius 1 is 0.979 bits per heavy atom. The number of pyridine rings is 1. The van der Waals surface area contributed by atoms with Gasteiger partial charge in [-0.3, -0.25) is 5.10 Å². The molecule has 5 aromatic rings. The molecule has 0 unspecified atom stereocenters. The van der Waals surface area contributed by atoms with Gasteiger partial charge in [-0.25, -0.2) is 23.4 Å². The first-order chi connectivity index (χ1) is 22.5. The molecular weight excluding hydrogens is 623 g/mol. The van der Waals surface area contributed by atoms with E-state index in [0.29, 0.717) is 54.0 Å². The average molecular weight is 658 g/mol. The number of hydrogen-bond donors (Lipinski definition) is 1. The summed E-state index contributed by atoms with van der Waals surface area (Å²) in [6.07, 6.45) is -0.330. The number of piperazine rings is 1. The van der Waals surface area contributed by atoms with Crippen molar-refractivity contribution in [3.63, 3.8) is 0 Å². The second-order valence-electron chi connectivity index (χ2n) is 12.2. The van der Waals surface area contributed by atoms with Crippen molar-refractivity contribution in [3.05, 3.63) is 71.1 Å². The molecule has 0 saturated carbocycles. The van der Waals surface area contributed by atoms with Gasteiger partial charge in [0.05, 0.1) is 28.1 Å². The van der Waals surface area contributed by atoms with Crippen molar-refractivity contribution in [2.45, 2.75) is 33.3 Å². The number of amides is 1. The fraction of sp³-hybridized carbons (Fsp3) is 0.294. The van der Waals surface area contributed by atoms with E-state index in [-0.39, 0.29) is 35.0 Å². The highest BCUT2D eigenvalue weighted by Crippen LogP contribution is 2.42. The van der Waals surface area contributed by atoms with Crippen LogP contribution in [0.25, 0.3) is 44.0 Å². The summed E-state index contributed by atoms with van der Waals surface area (Å²) in [6, 6.07) is 13.5. The Labute approximate surface area is 275 Å². The van der Waals surface area contributed by atoms with E-state index in [1.807, 2.05) is 62.5 Å². The summed E-state index contributed by atoms with van der Waals surface area (Å²) in [5.41, 5.74) is 2.23. The van der Waals surface area contributed by atoms with Crippen LogP contribution in [0.5, 0.6) is 0 Å². The molecule has 47 heavy (non-hydrogen) atoms. The van der Waals surface area contributed by atoms with Gasteiger partial charge in [-0.2, -0.15) is 5.10 Å². The lowest BCUT2D eigenvalue weighted by Gasteiger charge is -2.36. The monoisotopic (exact) mass is 657 g/mol. The summed E-state index contributed by atoms with van der Waals surface area (Å²) in [5.74, 6) is -2.05. The van der Waals surface area contributed by atoms with E-state index < -0.39 is 23.2 Å². The molecule has 3 aromatic heterocycles. The fourth-order valence-electron chi connectivity index (χ4n) is 5.78. The summed E-state index contributed by atoms with van der Waals surface area (Å²) in [4.78, 5) is 35.8. The molecule has 0 bridgehead atoms. The van der Waals surface area contributed by atoms with Crippen molar-refractivity contribution in [1.29, 1.82) is 0 Å². The molecule has 0 atom stereocenters. The number of aromatic nitrogens is 3. The third kappa shape index (κ3) is 6.31. The van der Waals surface area contributed by atoms with E-state index in [4.69, 9.17) is 14.5 Å². The molecule has 1 amide bonds. The number of nitrogens with zero attached hydrogens (tertiary/aromatic N) is 4. The zero-order chi connectivity index (χ0) is 33.5. The minimum atomic E-state index is -0.717. The predicted octanol–water partition coefficient (Wildman–Crippen LogP) is 5.79. The molecule has 2 aromatic carbocycles. The van der Waals surface area contributed by atoms with Gasteiger partial charge >= 0.3 is 12.1 Å². The maximum Gasteiger partial charge on any atom is 0.410 e. The molecule has 1 fully saturated rings. The Bertz CT molecular complexity index is 1950. The van der Waals surface area contributed by atoms with Crippen LogP contribution < -0.4 is 10.4 Å². The Kier molecular flexibility index (Phi) is 8.75. The number of carbonyl (C=O) groups excluding carboxylic acids is 2. The first-order valence-electron chi connectivity index (χ1n) is 15.4. The van der Waals surface area contributed by atoms with Crippen molar-refractivity contribution >= 4 is 53.4 Å². The van der Waals surface area contributed by atoms with Crippen LogP contribution in [0.3, 0.4) is 0 Å². The van der Waals surface area contributed by atoms with Crippen molar-refractivity contribution in [2.75, 3.05) is 37.7 Å². The van der Waals surface area contributed by atoms with E-state index in [9.17, 15) is 14.0 Å². The Hall–Kier alpha value is -4.78. The van der Waals surface area contributed by atoms with Crippen LogP contribution in [0.4, 0.5) is 19.3 Å². The van der Waals surface area contributed by atoms with Gasteiger partial charge in [-0.05, 0) is 74.4 Å². The van der Waals surface area contributed by atoms with Gasteiger partial charge in [-0.1, -0.05) is 18.2 Å². The highest BCUT2D eigenvalue weighted by molar-refractivity contribution is 7.13. The molecule has 0 aliphatic carbocycles. The van der Waals surface area contributed by atoms with E-state index in [0.717, 1.165) is 22.7 Å². The van der Waals surface area contributed by atoms with Crippen LogP contribution in [0.2, 0.25) is 0 Å². The van der Waals surface area contributed by atoms with Crippen molar-refractivity contribution in [3.8, 4) is 33.0 Å². The smallest absolute Gasteiger partial charge is 0.410 e. The standard InChI is InChI=1S/C34H34BF2N5O4S/c1-5-45-32(43)27-24(19-8-10-20(11-9-19)41-14-16-42(17-15-41)33(44)46-34(2,3)4)26-29(23-7-6-18-47-23)39-40-31(26)38-30(27)25-21(36)12-13-22(37)28(25)35/h6-13,18H,5,14-17,35H2,1-4H3,(H,38,39,40). The third-order valence-electron chi connectivity index (χ3n) is 7.98. The van der Waals surface area contributed by atoms with Crippen molar-refractivity contribution < 1.29 is 27.8 Å². The van der Waals surface area contributed by atoms with Gasteiger partial charge in [0, 0.05) is 43.0 Å². The highest BCUT2D eigenvalue weighted by atomic mass is 32.1. The number of carbonyl (C=O) groups is 2. The number of benzene rings is 2. The average Bonchev–Trinajstić information content (AvgIpc) is 3.72. The molecular formula is C34H34BF2N5O4S. The molecule has 13 heteroatoms. The summed E-state index contributed by atoms with van der Waals surface area (Å²) < 4.78 is 41.4. The summed E-state index contributed by atoms with van der Waals surface area (Å²) in [7, 11) is 1.45. The van der Waals surface area contributed by atoms with Crippen LogP contribution in [-0.4, -0.2) is 78.4 Å². The van der Waals surface area contributed by atoms with Gasteiger partial charge in [0.15, 0.2) is 5.65 Å². The molecule has 6 rings (SSSR count). The summed E-state index contributed by atoms with van der Waals surface area (Å²) in [6.45, 7) is 9.53. The highest BCUT2D eigenvalue weighted by Gasteiger charge is 2.31. The maximum atomic E-state index is 15.5. The van der Waals surface area contributed by atoms with Crippen LogP contribution in [-0.2, 0) is 9.47 Å². The molecule has 4 heterocycles. The van der Waals surface area contributed by atoms with Gasteiger partial charge in [0.1, 0.15) is 30.8 Å². The second-order valence-corrected chi connectivity index (χ2v) is 13.2. The Morgan fingerprint density at radius 3 is 2.32 bits per heavy atom. The predicted molar refractivity (Wildman–Crippen MR) is 182 cm³/mol. The van der Waals surface area contributed by atoms with E-state index in [1.165, 1.54) is 19.2 Å². The summed E-state index contributed by atoms with van der Waals surface area (Å²) in [5, 5.41) is 10.0. The van der Waals surface area contributed by atoms with Crippen LogP contribution >= 0.6 is 11.3 Å². The number of rotatable bonds is 6. The number of esters is 1. The van der Waals surface area contributed by atoms with Gasteiger partial charge < -0.3 is 19.3 Å².